The zero-order valence-corrected chi connectivity index (χ0v) is 8.67. The largest absolute Gasteiger partial charge is 0.417 e. The first kappa shape index (κ1) is 11.9. The van der Waals surface area contributed by atoms with Crippen molar-refractivity contribution in [2.75, 3.05) is 0 Å². The molecule has 0 aromatic carbocycles. The van der Waals surface area contributed by atoms with E-state index in [-0.39, 0.29) is 5.33 Å². The van der Waals surface area contributed by atoms with Gasteiger partial charge in [0.15, 0.2) is 0 Å². The summed E-state index contributed by atoms with van der Waals surface area (Å²) in [7, 11) is 0. The molecule has 0 bridgehead atoms. The van der Waals surface area contributed by atoms with Crippen LogP contribution in [0.1, 0.15) is 11.1 Å². The lowest BCUT2D eigenvalue weighted by atomic mass is 10.1. The van der Waals surface area contributed by atoms with Gasteiger partial charge in [-0.2, -0.15) is 13.2 Å². The standard InChI is InChI=1S/C7H4BrF3N2O2/c8-3-4-5(7(9,10)11)1-2-12-6(4)13(14)15/h1-2H,3H2. The molecule has 0 saturated carbocycles. The summed E-state index contributed by atoms with van der Waals surface area (Å²) < 4.78 is 37.2. The monoisotopic (exact) mass is 284 g/mol. The van der Waals surface area contributed by atoms with E-state index in [0.717, 1.165) is 6.20 Å². The fourth-order valence-corrected chi connectivity index (χ4v) is 1.59. The average Bonchev–Trinajstić information content (AvgIpc) is 2.15. The van der Waals surface area contributed by atoms with E-state index in [1.165, 1.54) is 0 Å². The van der Waals surface area contributed by atoms with E-state index < -0.39 is 28.0 Å². The molecule has 0 amide bonds. The van der Waals surface area contributed by atoms with Crippen LogP contribution in [-0.2, 0) is 11.5 Å². The van der Waals surface area contributed by atoms with E-state index >= 15 is 0 Å². The van der Waals surface area contributed by atoms with Crippen LogP contribution in [0.5, 0.6) is 0 Å². The van der Waals surface area contributed by atoms with E-state index in [1.54, 1.807) is 0 Å². The van der Waals surface area contributed by atoms with E-state index in [0.29, 0.717) is 6.07 Å². The van der Waals surface area contributed by atoms with Crippen LogP contribution in [0, 0.1) is 10.1 Å². The third-order valence-electron chi connectivity index (χ3n) is 1.65. The third-order valence-corrected chi connectivity index (χ3v) is 2.21. The van der Waals surface area contributed by atoms with Crippen LogP contribution in [0.2, 0.25) is 0 Å². The van der Waals surface area contributed by atoms with Crippen molar-refractivity contribution < 1.29 is 18.1 Å². The lowest BCUT2D eigenvalue weighted by molar-refractivity contribution is -0.390. The normalized spacial score (nSPS) is 11.5. The minimum Gasteiger partial charge on any atom is -0.358 e. The first-order valence-electron chi connectivity index (χ1n) is 3.63. The molecular weight excluding hydrogens is 281 g/mol. The molecule has 1 rings (SSSR count). The summed E-state index contributed by atoms with van der Waals surface area (Å²) in [5.74, 6) is -0.776. The fourth-order valence-electron chi connectivity index (χ4n) is 1.04. The molecule has 0 unspecified atom stereocenters. The van der Waals surface area contributed by atoms with Gasteiger partial charge in [0.25, 0.3) is 0 Å². The van der Waals surface area contributed by atoms with Crippen molar-refractivity contribution >= 4 is 21.7 Å². The van der Waals surface area contributed by atoms with Crippen molar-refractivity contribution in [2.45, 2.75) is 11.5 Å². The van der Waals surface area contributed by atoms with Gasteiger partial charge in [-0.15, -0.1) is 0 Å². The Morgan fingerprint density at radius 3 is 2.53 bits per heavy atom. The Hall–Kier alpha value is -1.18. The predicted molar refractivity (Wildman–Crippen MR) is 48.5 cm³/mol. The maximum absolute atomic E-state index is 12.4. The molecule has 8 heteroatoms. The van der Waals surface area contributed by atoms with Gasteiger partial charge >= 0.3 is 12.0 Å². The molecule has 0 saturated heterocycles. The summed E-state index contributed by atoms with van der Waals surface area (Å²) in [6.07, 6.45) is -3.84. The number of nitrogens with zero attached hydrogens (tertiary/aromatic N) is 2. The van der Waals surface area contributed by atoms with Crippen molar-refractivity contribution in [3.05, 3.63) is 33.5 Å². The van der Waals surface area contributed by atoms with Gasteiger partial charge in [-0.05, 0) is 16.0 Å². The summed E-state index contributed by atoms with van der Waals surface area (Å²) in [4.78, 5) is 12.8. The molecule has 1 heterocycles. The lowest BCUT2D eigenvalue weighted by Gasteiger charge is -2.09. The molecule has 1 aromatic heterocycles. The first-order chi connectivity index (χ1) is 6.88. The molecule has 15 heavy (non-hydrogen) atoms. The number of hydrogen-bond acceptors (Lipinski definition) is 3. The molecule has 0 atom stereocenters. The summed E-state index contributed by atoms with van der Waals surface area (Å²) in [5, 5.41) is 10.1. The summed E-state index contributed by atoms with van der Waals surface area (Å²) in [6.45, 7) is 0. The fraction of sp³-hybridized carbons (Fsp3) is 0.286. The van der Waals surface area contributed by atoms with E-state index in [1.807, 2.05) is 0 Å². The Morgan fingerprint density at radius 1 is 1.53 bits per heavy atom. The zero-order valence-electron chi connectivity index (χ0n) is 7.08. The highest BCUT2D eigenvalue weighted by molar-refractivity contribution is 9.08. The average molecular weight is 285 g/mol. The summed E-state index contributed by atoms with van der Waals surface area (Å²) in [5.41, 5.74) is -1.50. The van der Waals surface area contributed by atoms with Gasteiger partial charge in [0.2, 0.25) is 0 Å². The Bertz CT molecular complexity index is 394. The van der Waals surface area contributed by atoms with Crippen LogP contribution in [0.4, 0.5) is 19.0 Å². The van der Waals surface area contributed by atoms with Gasteiger partial charge in [-0.1, -0.05) is 15.9 Å². The van der Waals surface area contributed by atoms with E-state index in [4.69, 9.17) is 0 Å². The number of alkyl halides is 4. The minimum absolute atomic E-state index is 0.272. The third kappa shape index (κ3) is 2.44. The topological polar surface area (TPSA) is 56.0 Å². The number of aromatic nitrogens is 1. The van der Waals surface area contributed by atoms with Gasteiger partial charge in [-0.3, -0.25) is 0 Å². The van der Waals surface area contributed by atoms with Crippen molar-refractivity contribution in [3.63, 3.8) is 0 Å². The molecule has 0 spiro atoms. The maximum atomic E-state index is 12.4. The van der Waals surface area contributed by atoms with Gasteiger partial charge < -0.3 is 10.1 Å². The van der Waals surface area contributed by atoms with Crippen LogP contribution in [0.25, 0.3) is 0 Å². The number of halogens is 4. The zero-order chi connectivity index (χ0) is 11.6. The van der Waals surface area contributed by atoms with E-state index in [9.17, 15) is 23.3 Å². The van der Waals surface area contributed by atoms with E-state index in [2.05, 4.69) is 20.9 Å². The quantitative estimate of drug-likeness (QED) is 0.477. The highest BCUT2D eigenvalue weighted by Crippen LogP contribution is 2.35. The number of nitro groups is 1. The van der Waals surface area contributed by atoms with Crippen molar-refractivity contribution in [3.8, 4) is 0 Å². The predicted octanol–water partition coefficient (Wildman–Crippen LogP) is 2.90. The molecule has 0 aliphatic rings. The Labute approximate surface area is 90.4 Å². The lowest BCUT2D eigenvalue weighted by Crippen LogP contribution is -2.11. The highest BCUT2D eigenvalue weighted by Gasteiger charge is 2.36. The Morgan fingerprint density at radius 2 is 2.13 bits per heavy atom. The van der Waals surface area contributed by atoms with Crippen molar-refractivity contribution in [2.24, 2.45) is 0 Å². The molecule has 0 aliphatic carbocycles. The second-order valence-corrected chi connectivity index (χ2v) is 3.11. The maximum Gasteiger partial charge on any atom is 0.417 e. The molecule has 0 radical (unpaired) electrons. The van der Waals surface area contributed by atoms with Crippen LogP contribution in [-0.4, -0.2) is 9.91 Å². The molecule has 0 fully saturated rings. The van der Waals surface area contributed by atoms with Crippen LogP contribution in [0.15, 0.2) is 12.3 Å². The molecule has 1 aromatic rings. The number of hydrogen-bond donors (Lipinski definition) is 0. The molecular formula is C7H4BrF3N2O2. The molecule has 0 N–H and O–H groups in total. The highest BCUT2D eigenvalue weighted by atomic mass is 79.9. The number of pyridine rings is 1. The molecule has 0 aliphatic heterocycles. The van der Waals surface area contributed by atoms with Gasteiger partial charge in [0.05, 0.1) is 11.1 Å². The van der Waals surface area contributed by atoms with Gasteiger partial charge in [0.1, 0.15) is 6.20 Å². The molecule has 82 valence electrons. The van der Waals surface area contributed by atoms with Crippen molar-refractivity contribution in [1.29, 1.82) is 0 Å². The SMILES string of the molecule is O=[N+]([O-])c1nccc(C(F)(F)F)c1CBr. The second kappa shape index (κ2) is 4.13. The first-order valence-corrected chi connectivity index (χ1v) is 4.75. The minimum atomic E-state index is -4.61. The van der Waals surface area contributed by atoms with Crippen LogP contribution in [0.3, 0.4) is 0 Å². The van der Waals surface area contributed by atoms with Crippen LogP contribution >= 0.6 is 15.9 Å². The van der Waals surface area contributed by atoms with Crippen LogP contribution < -0.4 is 0 Å². The van der Waals surface area contributed by atoms with Crippen molar-refractivity contribution in [1.82, 2.24) is 4.98 Å². The summed E-state index contributed by atoms with van der Waals surface area (Å²) in [6, 6.07) is 0.712. The molecule has 4 nitrogen and oxygen atoms in total. The Balaban J connectivity index is 3.42. The summed E-state index contributed by atoms with van der Waals surface area (Å²) >= 11 is 2.78. The number of rotatable bonds is 2. The second-order valence-electron chi connectivity index (χ2n) is 2.55. The smallest absolute Gasteiger partial charge is 0.358 e. The van der Waals surface area contributed by atoms with Gasteiger partial charge in [-0.25, -0.2) is 0 Å². The van der Waals surface area contributed by atoms with Gasteiger partial charge in [0, 0.05) is 5.33 Å². The Kier molecular flexibility index (Phi) is 3.28.